The fourth-order valence-corrected chi connectivity index (χ4v) is 1.78. The van der Waals surface area contributed by atoms with Gasteiger partial charge in [0.2, 0.25) is 0 Å². The van der Waals surface area contributed by atoms with Crippen LogP contribution in [0.4, 0.5) is 0 Å². The molecule has 1 aromatic carbocycles. The first-order valence-corrected chi connectivity index (χ1v) is 5.72. The van der Waals surface area contributed by atoms with Gasteiger partial charge < -0.3 is 5.11 Å². The second-order valence-corrected chi connectivity index (χ2v) is 4.71. The smallest absolute Gasteiger partial charge is 0.153 e. The summed E-state index contributed by atoms with van der Waals surface area (Å²) in [6.45, 7) is 0. The first-order valence-electron chi connectivity index (χ1n) is 4.64. The summed E-state index contributed by atoms with van der Waals surface area (Å²) in [6, 6.07) is 7.42. The van der Waals surface area contributed by atoms with Gasteiger partial charge >= 0.3 is 0 Å². The van der Waals surface area contributed by atoms with Crippen molar-refractivity contribution in [3.8, 4) is 0 Å². The van der Waals surface area contributed by atoms with E-state index in [9.17, 15) is 9.90 Å². The first kappa shape index (κ1) is 11.0. The highest BCUT2D eigenvalue weighted by atomic mass is 127. The molecule has 0 bridgehead atoms. The molecule has 2 unspecified atom stereocenters. The largest absolute Gasteiger partial charge is 0.373 e. The molecule has 0 heterocycles. The molecule has 0 radical (unpaired) electrons. The van der Waals surface area contributed by atoms with E-state index in [1.165, 1.54) is 0 Å². The summed E-state index contributed by atoms with van der Waals surface area (Å²) >= 11 is 2.18. The van der Waals surface area contributed by atoms with Gasteiger partial charge in [-0.25, -0.2) is 10.9 Å². The Morgan fingerprint density at radius 2 is 2.27 bits per heavy atom. The van der Waals surface area contributed by atoms with Crippen LogP contribution in [0.5, 0.6) is 0 Å². The molecule has 4 nitrogen and oxygen atoms in total. The van der Waals surface area contributed by atoms with Crippen molar-refractivity contribution in [3.63, 3.8) is 0 Å². The number of ketones is 1. The molecule has 2 atom stereocenters. The maximum Gasteiger partial charge on any atom is 0.153 e. The Hall–Kier alpha value is -0.500. The van der Waals surface area contributed by atoms with Gasteiger partial charge in [0.1, 0.15) is 6.23 Å². The lowest BCUT2D eigenvalue weighted by atomic mass is 10.2. The molecule has 0 spiro atoms. The molecule has 1 saturated carbocycles. The van der Waals surface area contributed by atoms with E-state index in [1.54, 1.807) is 0 Å². The third-order valence-corrected chi connectivity index (χ3v) is 2.86. The van der Waals surface area contributed by atoms with Crippen LogP contribution in [0, 0.1) is 3.57 Å². The van der Waals surface area contributed by atoms with E-state index < -0.39 is 6.23 Å². The highest BCUT2D eigenvalue weighted by Crippen LogP contribution is 2.15. The van der Waals surface area contributed by atoms with Crippen molar-refractivity contribution in [1.82, 2.24) is 10.9 Å². The number of Topliss-reactive ketones (excluding diaryl/α,β-unsaturated/α-hetero) is 1. The Morgan fingerprint density at radius 3 is 2.87 bits per heavy atom. The predicted octanol–water partition coefficient (Wildman–Crippen LogP) is 0.718. The summed E-state index contributed by atoms with van der Waals surface area (Å²) in [4.78, 5) is 10.7. The summed E-state index contributed by atoms with van der Waals surface area (Å²) in [5.41, 5.74) is 6.25. The number of aliphatic hydroxyl groups excluding tert-OH is 1. The molecule has 0 aliphatic heterocycles. The Kier molecular flexibility index (Phi) is 3.35. The zero-order valence-corrected chi connectivity index (χ0v) is 10.1. The third-order valence-electron chi connectivity index (χ3n) is 2.19. The van der Waals surface area contributed by atoms with Crippen LogP contribution in [0.15, 0.2) is 24.3 Å². The zero-order valence-electron chi connectivity index (χ0n) is 7.90. The lowest BCUT2D eigenvalue weighted by molar-refractivity contribution is -0.110. The van der Waals surface area contributed by atoms with Gasteiger partial charge in [0, 0.05) is 9.99 Å². The summed E-state index contributed by atoms with van der Waals surface area (Å²) in [5.74, 6) is 0.178. The van der Waals surface area contributed by atoms with E-state index >= 15 is 0 Å². The molecular formula is C10H11IN2O2. The molecular weight excluding hydrogens is 307 g/mol. The van der Waals surface area contributed by atoms with Crippen molar-refractivity contribution >= 4 is 28.4 Å². The standard InChI is InChI=1S/C10H11IN2O2/c11-7-3-1-2-6(4-7)10(15)13-12-8-5-9(8)14/h1-4,8,10,12-13,15H,5H2. The van der Waals surface area contributed by atoms with Crippen molar-refractivity contribution in [2.75, 3.05) is 0 Å². The molecule has 1 fully saturated rings. The number of halogens is 1. The van der Waals surface area contributed by atoms with E-state index in [1.807, 2.05) is 24.3 Å². The predicted molar refractivity (Wildman–Crippen MR) is 63.8 cm³/mol. The Labute approximate surface area is 101 Å². The van der Waals surface area contributed by atoms with Crippen LogP contribution in [0.2, 0.25) is 0 Å². The van der Waals surface area contributed by atoms with E-state index in [0.717, 1.165) is 9.13 Å². The van der Waals surface area contributed by atoms with Crippen molar-refractivity contribution in [2.45, 2.75) is 18.7 Å². The normalized spacial score (nSPS) is 21.5. The van der Waals surface area contributed by atoms with Crippen molar-refractivity contribution in [2.24, 2.45) is 0 Å². The molecule has 1 aliphatic carbocycles. The average Bonchev–Trinajstić information content (AvgIpc) is 2.91. The minimum atomic E-state index is -0.784. The quantitative estimate of drug-likeness (QED) is 0.435. The summed E-state index contributed by atoms with van der Waals surface area (Å²) < 4.78 is 1.06. The van der Waals surface area contributed by atoms with Crippen molar-refractivity contribution in [1.29, 1.82) is 0 Å². The minimum absolute atomic E-state index is 0.123. The summed E-state index contributed by atoms with van der Waals surface area (Å²) in [7, 11) is 0. The highest BCUT2D eigenvalue weighted by Gasteiger charge is 2.34. The van der Waals surface area contributed by atoms with Gasteiger partial charge in [0.25, 0.3) is 0 Å². The molecule has 2 rings (SSSR count). The van der Waals surface area contributed by atoms with Gasteiger partial charge in [-0.2, -0.15) is 0 Å². The number of hydrogen-bond donors (Lipinski definition) is 3. The van der Waals surface area contributed by atoms with Gasteiger partial charge in [-0.3, -0.25) is 4.79 Å². The Morgan fingerprint density at radius 1 is 1.53 bits per heavy atom. The molecule has 80 valence electrons. The van der Waals surface area contributed by atoms with E-state index in [-0.39, 0.29) is 11.8 Å². The number of hydrogen-bond acceptors (Lipinski definition) is 4. The van der Waals surface area contributed by atoms with E-state index in [4.69, 9.17) is 0 Å². The SMILES string of the molecule is O=C1CC1NNC(O)c1cccc(I)c1. The first-order chi connectivity index (χ1) is 7.16. The average molecular weight is 318 g/mol. The third kappa shape index (κ3) is 2.97. The molecule has 5 heteroatoms. The lowest BCUT2D eigenvalue weighted by Gasteiger charge is -2.13. The molecule has 1 aromatic rings. The second-order valence-electron chi connectivity index (χ2n) is 3.47. The van der Waals surface area contributed by atoms with Crippen LogP contribution < -0.4 is 10.9 Å². The highest BCUT2D eigenvalue weighted by molar-refractivity contribution is 14.1. The van der Waals surface area contributed by atoms with Crippen molar-refractivity contribution in [3.05, 3.63) is 33.4 Å². The second kappa shape index (κ2) is 4.56. The van der Waals surface area contributed by atoms with E-state index in [0.29, 0.717) is 6.42 Å². The molecule has 0 saturated heterocycles. The van der Waals surface area contributed by atoms with Gasteiger partial charge in [0.15, 0.2) is 5.78 Å². The minimum Gasteiger partial charge on any atom is -0.373 e. The lowest BCUT2D eigenvalue weighted by Crippen LogP contribution is -2.37. The van der Waals surface area contributed by atoms with Gasteiger partial charge in [0.05, 0.1) is 6.04 Å². The van der Waals surface area contributed by atoms with Crippen LogP contribution in [0.25, 0.3) is 0 Å². The van der Waals surface area contributed by atoms with Crippen molar-refractivity contribution < 1.29 is 9.90 Å². The molecule has 15 heavy (non-hydrogen) atoms. The maximum atomic E-state index is 10.7. The molecule has 1 aliphatic rings. The fraction of sp³-hybridized carbons (Fsp3) is 0.300. The number of hydrazine groups is 1. The van der Waals surface area contributed by atoms with E-state index in [2.05, 4.69) is 33.4 Å². The van der Waals surface area contributed by atoms with Crippen LogP contribution in [-0.2, 0) is 4.79 Å². The molecule has 0 aromatic heterocycles. The van der Waals surface area contributed by atoms with Crippen LogP contribution in [0.1, 0.15) is 18.2 Å². The summed E-state index contributed by atoms with van der Waals surface area (Å²) in [5, 5.41) is 9.72. The van der Waals surface area contributed by atoms with Crippen LogP contribution in [-0.4, -0.2) is 16.9 Å². The van der Waals surface area contributed by atoms with Crippen LogP contribution in [0.3, 0.4) is 0 Å². The number of nitrogens with one attached hydrogen (secondary N) is 2. The molecule has 3 N–H and O–H groups in total. The maximum absolute atomic E-state index is 10.7. The topological polar surface area (TPSA) is 61.4 Å². The fourth-order valence-electron chi connectivity index (χ4n) is 1.21. The monoisotopic (exact) mass is 318 g/mol. The summed E-state index contributed by atoms with van der Waals surface area (Å²) in [6.07, 6.45) is -0.236. The Bertz CT molecular complexity index is 383. The van der Waals surface area contributed by atoms with Gasteiger partial charge in [-0.05, 0) is 40.3 Å². The number of carbonyl (C=O) groups excluding carboxylic acids is 1. The Balaban J connectivity index is 1.89. The van der Waals surface area contributed by atoms with Gasteiger partial charge in [-0.1, -0.05) is 12.1 Å². The number of aliphatic hydroxyl groups is 1. The number of rotatable bonds is 4. The molecule has 0 amide bonds. The van der Waals surface area contributed by atoms with Gasteiger partial charge in [-0.15, -0.1) is 0 Å². The van der Waals surface area contributed by atoms with Crippen LogP contribution >= 0.6 is 22.6 Å². The zero-order chi connectivity index (χ0) is 10.8. The number of benzene rings is 1. The number of carbonyl (C=O) groups is 1.